The lowest BCUT2D eigenvalue weighted by Crippen LogP contribution is -2.35. The Kier molecular flexibility index (Phi) is 2.89. The number of anilines is 2. The smallest absolute Gasteiger partial charge is 0.257 e. The Morgan fingerprint density at radius 1 is 1.29 bits per heavy atom. The molecule has 0 unspecified atom stereocenters. The quantitative estimate of drug-likeness (QED) is 0.816. The van der Waals surface area contributed by atoms with E-state index >= 15 is 0 Å². The molecular weight excluding hydrogens is 268 g/mol. The summed E-state index contributed by atoms with van der Waals surface area (Å²) in [4.78, 5) is 21.8. The number of ether oxygens (including phenoxy) is 1. The van der Waals surface area contributed by atoms with E-state index in [1.165, 1.54) is 0 Å². The largest absolute Gasteiger partial charge is 0.490 e. The molecule has 0 bridgehead atoms. The molecular formula is C15H16N4O2. The van der Waals surface area contributed by atoms with Crippen LogP contribution in [0.25, 0.3) is 0 Å². The van der Waals surface area contributed by atoms with Gasteiger partial charge < -0.3 is 15.0 Å². The van der Waals surface area contributed by atoms with E-state index in [0.717, 1.165) is 35.7 Å². The van der Waals surface area contributed by atoms with Gasteiger partial charge in [0.15, 0.2) is 0 Å². The van der Waals surface area contributed by atoms with Crippen LogP contribution in [0.1, 0.15) is 11.3 Å². The van der Waals surface area contributed by atoms with Crippen LogP contribution in [0.5, 0.6) is 5.75 Å². The zero-order valence-electron chi connectivity index (χ0n) is 11.6. The number of fused-ring (bicyclic) bond motifs is 2. The molecule has 3 heterocycles. The number of para-hydroxylation sites is 2. The van der Waals surface area contributed by atoms with Crippen LogP contribution in [-0.4, -0.2) is 29.7 Å². The SMILES string of the molecule is O=c1[nH]c(N2CCOc3ccccc32)nc2c1CNCC2. The highest BCUT2D eigenvalue weighted by atomic mass is 16.5. The van der Waals surface area contributed by atoms with E-state index in [4.69, 9.17) is 4.74 Å². The van der Waals surface area contributed by atoms with Gasteiger partial charge in [0.2, 0.25) is 5.95 Å². The van der Waals surface area contributed by atoms with E-state index in [0.29, 0.717) is 25.6 Å². The van der Waals surface area contributed by atoms with Crippen LogP contribution in [-0.2, 0) is 13.0 Å². The molecule has 2 aromatic rings. The first-order valence-corrected chi connectivity index (χ1v) is 7.15. The van der Waals surface area contributed by atoms with Crippen LogP contribution in [0.3, 0.4) is 0 Å². The van der Waals surface area contributed by atoms with Gasteiger partial charge in [-0.25, -0.2) is 4.98 Å². The minimum Gasteiger partial charge on any atom is -0.490 e. The first kappa shape index (κ1) is 12.4. The number of aromatic nitrogens is 2. The van der Waals surface area contributed by atoms with Crippen molar-refractivity contribution in [2.75, 3.05) is 24.6 Å². The minimum absolute atomic E-state index is 0.0498. The second-order valence-corrected chi connectivity index (χ2v) is 5.21. The number of aromatic amines is 1. The van der Waals surface area contributed by atoms with Crippen molar-refractivity contribution in [1.29, 1.82) is 0 Å². The van der Waals surface area contributed by atoms with Crippen molar-refractivity contribution in [1.82, 2.24) is 15.3 Å². The van der Waals surface area contributed by atoms with Crippen molar-refractivity contribution in [2.45, 2.75) is 13.0 Å². The maximum atomic E-state index is 12.2. The van der Waals surface area contributed by atoms with Gasteiger partial charge in [0, 0.05) is 19.5 Å². The maximum absolute atomic E-state index is 12.2. The average Bonchev–Trinajstić information content (AvgIpc) is 2.54. The second-order valence-electron chi connectivity index (χ2n) is 5.21. The van der Waals surface area contributed by atoms with Crippen molar-refractivity contribution in [3.05, 3.63) is 45.9 Å². The normalized spacial score (nSPS) is 16.9. The molecule has 0 saturated heterocycles. The highest BCUT2D eigenvalue weighted by Gasteiger charge is 2.23. The van der Waals surface area contributed by atoms with Gasteiger partial charge in [-0.15, -0.1) is 0 Å². The zero-order valence-corrected chi connectivity index (χ0v) is 11.6. The predicted octanol–water partition coefficient (Wildman–Crippen LogP) is 0.946. The molecule has 6 nitrogen and oxygen atoms in total. The van der Waals surface area contributed by atoms with E-state index in [1.54, 1.807) is 0 Å². The van der Waals surface area contributed by atoms with Gasteiger partial charge in [-0.05, 0) is 12.1 Å². The fraction of sp³-hybridized carbons (Fsp3) is 0.333. The third-order valence-corrected chi connectivity index (χ3v) is 3.91. The van der Waals surface area contributed by atoms with Crippen LogP contribution in [0, 0.1) is 0 Å². The number of nitrogens with zero attached hydrogens (tertiary/aromatic N) is 2. The van der Waals surface area contributed by atoms with E-state index in [-0.39, 0.29) is 5.56 Å². The molecule has 0 saturated carbocycles. The first-order chi connectivity index (χ1) is 10.3. The molecule has 0 atom stereocenters. The number of nitrogens with one attached hydrogen (secondary N) is 2. The molecule has 108 valence electrons. The number of rotatable bonds is 1. The van der Waals surface area contributed by atoms with Gasteiger partial charge in [0.1, 0.15) is 12.4 Å². The van der Waals surface area contributed by atoms with E-state index in [2.05, 4.69) is 15.3 Å². The maximum Gasteiger partial charge on any atom is 0.257 e. The molecule has 2 aliphatic rings. The number of hydrogen-bond acceptors (Lipinski definition) is 5. The summed E-state index contributed by atoms with van der Waals surface area (Å²) in [5, 5.41) is 3.20. The highest BCUT2D eigenvalue weighted by molar-refractivity contribution is 5.66. The lowest BCUT2D eigenvalue weighted by atomic mass is 10.1. The van der Waals surface area contributed by atoms with Crippen molar-refractivity contribution in [3.63, 3.8) is 0 Å². The fourth-order valence-electron chi connectivity index (χ4n) is 2.86. The van der Waals surface area contributed by atoms with Crippen molar-refractivity contribution in [2.24, 2.45) is 0 Å². The molecule has 0 aliphatic carbocycles. The van der Waals surface area contributed by atoms with Crippen LogP contribution < -0.4 is 20.5 Å². The summed E-state index contributed by atoms with van der Waals surface area (Å²) in [7, 11) is 0. The summed E-state index contributed by atoms with van der Waals surface area (Å²) < 4.78 is 5.65. The predicted molar refractivity (Wildman–Crippen MR) is 79.2 cm³/mol. The Morgan fingerprint density at radius 3 is 3.14 bits per heavy atom. The summed E-state index contributed by atoms with van der Waals surface area (Å²) in [5.74, 6) is 1.43. The third-order valence-electron chi connectivity index (χ3n) is 3.91. The third kappa shape index (κ3) is 2.08. The van der Waals surface area contributed by atoms with Gasteiger partial charge in [-0.1, -0.05) is 12.1 Å². The summed E-state index contributed by atoms with van der Waals surface area (Å²) in [5.41, 5.74) is 2.55. The van der Waals surface area contributed by atoms with Crippen molar-refractivity contribution < 1.29 is 4.74 Å². The van der Waals surface area contributed by atoms with Crippen LogP contribution in [0.15, 0.2) is 29.1 Å². The summed E-state index contributed by atoms with van der Waals surface area (Å²) >= 11 is 0. The van der Waals surface area contributed by atoms with Gasteiger partial charge in [0.05, 0.1) is 23.5 Å². The van der Waals surface area contributed by atoms with E-state index in [9.17, 15) is 4.79 Å². The van der Waals surface area contributed by atoms with Crippen LogP contribution >= 0.6 is 0 Å². The molecule has 1 aromatic heterocycles. The highest BCUT2D eigenvalue weighted by Crippen LogP contribution is 2.34. The Labute approximate surface area is 121 Å². The van der Waals surface area contributed by atoms with Gasteiger partial charge in [-0.3, -0.25) is 9.78 Å². The monoisotopic (exact) mass is 284 g/mol. The molecule has 0 fully saturated rings. The Bertz CT molecular complexity index is 741. The lowest BCUT2D eigenvalue weighted by molar-refractivity contribution is 0.313. The topological polar surface area (TPSA) is 70.2 Å². The number of hydrogen-bond donors (Lipinski definition) is 2. The summed E-state index contributed by atoms with van der Waals surface area (Å²) in [6.45, 7) is 2.72. The van der Waals surface area contributed by atoms with Gasteiger partial charge in [-0.2, -0.15) is 0 Å². The fourth-order valence-corrected chi connectivity index (χ4v) is 2.86. The molecule has 4 rings (SSSR count). The standard InChI is InChI=1S/C15H16N4O2/c20-14-10-9-16-6-5-11(10)17-15(18-14)19-7-8-21-13-4-2-1-3-12(13)19/h1-4,16H,5-9H2,(H,17,18,20). The Morgan fingerprint density at radius 2 is 2.19 bits per heavy atom. The zero-order chi connectivity index (χ0) is 14.2. The van der Waals surface area contributed by atoms with Gasteiger partial charge in [0.25, 0.3) is 5.56 Å². The minimum atomic E-state index is -0.0498. The summed E-state index contributed by atoms with van der Waals surface area (Å²) in [6.07, 6.45) is 0.790. The molecule has 2 aliphatic heterocycles. The summed E-state index contributed by atoms with van der Waals surface area (Å²) in [6, 6.07) is 7.81. The van der Waals surface area contributed by atoms with Crippen LogP contribution in [0.4, 0.5) is 11.6 Å². The molecule has 21 heavy (non-hydrogen) atoms. The molecule has 2 N–H and O–H groups in total. The van der Waals surface area contributed by atoms with E-state index < -0.39 is 0 Å². The lowest BCUT2D eigenvalue weighted by Gasteiger charge is -2.30. The average molecular weight is 284 g/mol. The van der Waals surface area contributed by atoms with Crippen molar-refractivity contribution >= 4 is 11.6 Å². The molecule has 0 amide bonds. The van der Waals surface area contributed by atoms with Gasteiger partial charge >= 0.3 is 0 Å². The van der Waals surface area contributed by atoms with Crippen molar-refractivity contribution in [3.8, 4) is 5.75 Å². The number of benzene rings is 1. The molecule has 6 heteroatoms. The molecule has 0 radical (unpaired) electrons. The second kappa shape index (κ2) is 4.89. The Hall–Kier alpha value is -2.34. The molecule has 0 spiro atoms. The number of H-pyrrole nitrogens is 1. The molecule has 1 aromatic carbocycles. The van der Waals surface area contributed by atoms with Crippen LogP contribution in [0.2, 0.25) is 0 Å². The Balaban J connectivity index is 1.81. The van der Waals surface area contributed by atoms with E-state index in [1.807, 2.05) is 29.2 Å². The first-order valence-electron chi connectivity index (χ1n) is 7.15.